The van der Waals surface area contributed by atoms with Gasteiger partial charge in [-0.1, -0.05) is 51.1 Å². The van der Waals surface area contributed by atoms with Gasteiger partial charge in [0, 0.05) is 37.2 Å². The Bertz CT molecular complexity index is 942. The fourth-order valence-corrected chi connectivity index (χ4v) is 3.42. The van der Waals surface area contributed by atoms with Crippen LogP contribution in [0, 0.1) is 0 Å². The van der Waals surface area contributed by atoms with Gasteiger partial charge in [0.2, 0.25) is 0 Å². The van der Waals surface area contributed by atoms with Crippen molar-refractivity contribution in [2.75, 3.05) is 14.1 Å². The molecule has 142 valence electrons. The van der Waals surface area contributed by atoms with Gasteiger partial charge in [-0.05, 0) is 53.9 Å². The number of benzene rings is 2. The second-order valence-corrected chi connectivity index (χ2v) is 7.78. The molecular formula is C23H28N2OS. The number of aryl methyl sites for hydroxylation is 1. The third-order valence-corrected chi connectivity index (χ3v) is 5.30. The van der Waals surface area contributed by atoms with Crippen LogP contribution in [0.4, 0.5) is 0 Å². The van der Waals surface area contributed by atoms with Gasteiger partial charge in [-0.3, -0.25) is 0 Å². The largest absolute Gasteiger partial charge is 0.431 e. The van der Waals surface area contributed by atoms with Crippen LogP contribution in [0.2, 0.25) is 0 Å². The van der Waals surface area contributed by atoms with Crippen molar-refractivity contribution < 1.29 is 4.74 Å². The number of rotatable bonds is 5. The highest BCUT2D eigenvalue weighted by molar-refractivity contribution is 7.80. The Morgan fingerprint density at radius 1 is 1.11 bits per heavy atom. The fourth-order valence-electron chi connectivity index (χ4n) is 3.33. The molecule has 3 aromatic rings. The monoisotopic (exact) mass is 380 g/mol. The SMILES string of the molecule is CCc1cc2cc(OC(=S)N(C)C)c(C(C)C)cc2n1Cc1ccccc1. The first-order valence-corrected chi connectivity index (χ1v) is 9.90. The van der Waals surface area contributed by atoms with Crippen LogP contribution in [0.5, 0.6) is 5.75 Å². The van der Waals surface area contributed by atoms with Gasteiger partial charge in [0.05, 0.1) is 0 Å². The van der Waals surface area contributed by atoms with Gasteiger partial charge in [0.15, 0.2) is 0 Å². The molecule has 0 amide bonds. The molecule has 0 N–H and O–H groups in total. The van der Waals surface area contributed by atoms with Gasteiger partial charge in [0.1, 0.15) is 5.75 Å². The topological polar surface area (TPSA) is 17.4 Å². The Morgan fingerprint density at radius 3 is 2.41 bits per heavy atom. The van der Waals surface area contributed by atoms with Crippen molar-refractivity contribution in [1.29, 1.82) is 0 Å². The van der Waals surface area contributed by atoms with Crippen LogP contribution >= 0.6 is 12.2 Å². The Kier molecular flexibility index (Phi) is 5.85. The van der Waals surface area contributed by atoms with Gasteiger partial charge in [-0.25, -0.2) is 0 Å². The van der Waals surface area contributed by atoms with E-state index in [1.807, 2.05) is 19.0 Å². The molecule has 0 atom stereocenters. The van der Waals surface area contributed by atoms with E-state index in [9.17, 15) is 0 Å². The van der Waals surface area contributed by atoms with Crippen LogP contribution < -0.4 is 4.74 Å². The number of hydrogen-bond acceptors (Lipinski definition) is 2. The number of nitrogens with zero attached hydrogens (tertiary/aromatic N) is 2. The smallest absolute Gasteiger partial charge is 0.264 e. The molecule has 27 heavy (non-hydrogen) atoms. The highest BCUT2D eigenvalue weighted by atomic mass is 32.1. The summed E-state index contributed by atoms with van der Waals surface area (Å²) in [5, 5.41) is 1.68. The third-order valence-electron chi connectivity index (χ3n) is 4.85. The molecule has 0 bridgehead atoms. The fraction of sp³-hybridized carbons (Fsp3) is 0.348. The maximum absolute atomic E-state index is 6.03. The van der Waals surface area contributed by atoms with Gasteiger partial charge < -0.3 is 14.2 Å². The number of thiocarbonyl (C=S) groups is 1. The first-order valence-electron chi connectivity index (χ1n) is 9.49. The van der Waals surface area contributed by atoms with Crippen molar-refractivity contribution >= 4 is 28.3 Å². The molecular weight excluding hydrogens is 352 g/mol. The lowest BCUT2D eigenvalue weighted by atomic mass is 10.0. The number of fused-ring (bicyclic) bond motifs is 1. The van der Waals surface area contributed by atoms with Crippen LogP contribution in [0.25, 0.3) is 10.9 Å². The van der Waals surface area contributed by atoms with Crippen molar-refractivity contribution in [2.45, 2.75) is 39.7 Å². The van der Waals surface area contributed by atoms with Gasteiger partial charge in [-0.2, -0.15) is 0 Å². The summed E-state index contributed by atoms with van der Waals surface area (Å²) >= 11 is 5.37. The van der Waals surface area contributed by atoms with E-state index in [0.29, 0.717) is 11.1 Å². The molecule has 0 saturated carbocycles. The predicted molar refractivity (Wildman–Crippen MR) is 118 cm³/mol. The number of ether oxygens (including phenoxy) is 1. The number of aromatic nitrogens is 1. The summed E-state index contributed by atoms with van der Waals surface area (Å²) in [5.74, 6) is 1.20. The average molecular weight is 381 g/mol. The van der Waals surface area contributed by atoms with E-state index in [4.69, 9.17) is 17.0 Å². The van der Waals surface area contributed by atoms with Crippen LogP contribution in [0.1, 0.15) is 43.5 Å². The lowest BCUT2D eigenvalue weighted by Crippen LogP contribution is -2.25. The predicted octanol–water partition coefficient (Wildman–Crippen LogP) is 5.60. The van der Waals surface area contributed by atoms with E-state index in [0.717, 1.165) is 18.7 Å². The molecule has 0 fully saturated rings. The lowest BCUT2D eigenvalue weighted by Gasteiger charge is -2.19. The van der Waals surface area contributed by atoms with Crippen molar-refractivity contribution in [3.05, 3.63) is 65.4 Å². The summed E-state index contributed by atoms with van der Waals surface area (Å²) < 4.78 is 8.45. The molecule has 0 aliphatic carbocycles. The van der Waals surface area contributed by atoms with Crippen LogP contribution in [-0.2, 0) is 13.0 Å². The molecule has 3 nitrogen and oxygen atoms in total. The van der Waals surface area contributed by atoms with E-state index < -0.39 is 0 Å². The molecule has 0 spiro atoms. The zero-order valence-electron chi connectivity index (χ0n) is 16.8. The maximum atomic E-state index is 6.03. The standard InChI is InChI=1S/C23H28N2OS/c1-6-19-12-18-13-22(26-23(27)24(4)5)20(16(2)3)14-21(18)25(19)15-17-10-8-7-9-11-17/h7-14,16H,6,15H2,1-5H3. The average Bonchev–Trinajstić information content (AvgIpc) is 2.98. The first kappa shape index (κ1) is 19.4. The maximum Gasteiger partial charge on any atom is 0.264 e. The van der Waals surface area contributed by atoms with Crippen LogP contribution in [0.3, 0.4) is 0 Å². The minimum absolute atomic E-state index is 0.347. The molecule has 0 saturated heterocycles. The summed E-state index contributed by atoms with van der Waals surface area (Å²) in [6.45, 7) is 7.47. The molecule has 0 radical (unpaired) electrons. The quantitative estimate of drug-likeness (QED) is 0.536. The summed E-state index contributed by atoms with van der Waals surface area (Å²) in [4.78, 5) is 1.82. The Hall–Kier alpha value is -2.33. The van der Waals surface area contributed by atoms with Crippen molar-refractivity contribution in [2.24, 2.45) is 0 Å². The van der Waals surface area contributed by atoms with E-state index in [1.165, 1.54) is 27.7 Å². The van der Waals surface area contributed by atoms with Crippen LogP contribution in [0.15, 0.2) is 48.5 Å². The molecule has 1 aromatic heterocycles. The highest BCUT2D eigenvalue weighted by Gasteiger charge is 2.16. The van der Waals surface area contributed by atoms with Crippen molar-refractivity contribution in [3.8, 4) is 5.75 Å². The zero-order valence-corrected chi connectivity index (χ0v) is 17.6. The molecule has 0 unspecified atom stereocenters. The van der Waals surface area contributed by atoms with Crippen LogP contribution in [-0.4, -0.2) is 28.7 Å². The van der Waals surface area contributed by atoms with Gasteiger partial charge in [0.25, 0.3) is 5.17 Å². The van der Waals surface area contributed by atoms with Crippen molar-refractivity contribution in [3.63, 3.8) is 0 Å². The summed E-state index contributed by atoms with van der Waals surface area (Å²) in [6, 6.07) is 17.3. The Balaban J connectivity index is 2.11. The van der Waals surface area contributed by atoms with E-state index in [2.05, 4.69) is 73.9 Å². The van der Waals surface area contributed by atoms with Crippen molar-refractivity contribution in [1.82, 2.24) is 9.47 Å². The first-order chi connectivity index (χ1) is 12.9. The normalized spacial score (nSPS) is 11.2. The minimum atomic E-state index is 0.347. The molecule has 0 aliphatic rings. The number of hydrogen-bond donors (Lipinski definition) is 0. The second-order valence-electron chi connectivity index (χ2n) is 7.43. The third kappa shape index (κ3) is 4.16. The van der Waals surface area contributed by atoms with E-state index in [-0.39, 0.29) is 0 Å². The van der Waals surface area contributed by atoms with Gasteiger partial charge in [-0.15, -0.1) is 0 Å². The lowest BCUT2D eigenvalue weighted by molar-refractivity contribution is 0.444. The van der Waals surface area contributed by atoms with Gasteiger partial charge >= 0.3 is 0 Å². The van der Waals surface area contributed by atoms with E-state index >= 15 is 0 Å². The summed E-state index contributed by atoms with van der Waals surface area (Å²) in [5.41, 5.74) is 5.07. The molecule has 4 heteroatoms. The second kappa shape index (κ2) is 8.13. The summed E-state index contributed by atoms with van der Waals surface area (Å²) in [7, 11) is 3.81. The summed E-state index contributed by atoms with van der Waals surface area (Å²) in [6.07, 6.45) is 0.991. The molecule has 3 rings (SSSR count). The molecule has 0 aliphatic heterocycles. The Labute approximate surface area is 167 Å². The molecule has 1 heterocycles. The zero-order chi connectivity index (χ0) is 19.6. The minimum Gasteiger partial charge on any atom is -0.431 e. The highest BCUT2D eigenvalue weighted by Crippen LogP contribution is 2.34. The van der Waals surface area contributed by atoms with E-state index in [1.54, 1.807) is 0 Å². The Morgan fingerprint density at radius 2 is 1.81 bits per heavy atom. The molecule has 2 aromatic carbocycles.